The van der Waals surface area contributed by atoms with Gasteiger partial charge in [0, 0.05) is 41.4 Å². The summed E-state index contributed by atoms with van der Waals surface area (Å²) in [6.45, 7) is 1.69. The van der Waals surface area contributed by atoms with Gasteiger partial charge in [0.05, 0.1) is 18.2 Å². The van der Waals surface area contributed by atoms with Crippen molar-refractivity contribution >= 4 is 11.6 Å². The number of aromatic nitrogens is 1. The van der Waals surface area contributed by atoms with Gasteiger partial charge >= 0.3 is 0 Å². The molecule has 4 aliphatic rings. The van der Waals surface area contributed by atoms with E-state index in [0.29, 0.717) is 6.61 Å². The average Bonchev–Trinajstić information content (AvgIpc) is 3.37. The minimum atomic E-state index is -0.445. The van der Waals surface area contributed by atoms with Gasteiger partial charge < -0.3 is 19.1 Å². The first-order valence-electron chi connectivity index (χ1n) is 15.0. The number of piperidine rings is 1. The standard InChI is InChI=1S/C36H35ClN2O3/c1-39-17-16-35-31-25-12-15-29(40-2)33(31)42-34(35)32-26(19-27(22-38-32)24-10-13-28(37)14-11-24)21-36(35,30(39)20-25)41-18-6-9-23-7-4-3-5-8-23/h3-5,7-8,10-15,19,22,30,34H,6,9,16-18,20-21H2,1-2H3/t30-,34+,35+,36-/m1/s1. The van der Waals surface area contributed by atoms with E-state index in [-0.39, 0.29) is 17.6 Å². The molecule has 3 aromatic carbocycles. The molecule has 6 heteroatoms. The van der Waals surface area contributed by atoms with Gasteiger partial charge in [-0.25, -0.2) is 0 Å². The van der Waals surface area contributed by atoms with Crippen LogP contribution in [0.4, 0.5) is 0 Å². The number of rotatable bonds is 7. The summed E-state index contributed by atoms with van der Waals surface area (Å²) in [5, 5.41) is 0.731. The van der Waals surface area contributed by atoms with Crippen molar-refractivity contribution in [2.75, 3.05) is 27.3 Å². The molecule has 1 spiro atoms. The Morgan fingerprint density at radius 2 is 1.86 bits per heavy atom. The van der Waals surface area contributed by atoms with Gasteiger partial charge in [-0.15, -0.1) is 0 Å². The Morgan fingerprint density at radius 1 is 1.02 bits per heavy atom. The van der Waals surface area contributed by atoms with Crippen LogP contribution in [0.15, 0.2) is 79.0 Å². The molecule has 1 aromatic heterocycles. The van der Waals surface area contributed by atoms with Crippen molar-refractivity contribution in [3.63, 3.8) is 0 Å². The number of pyridine rings is 1. The first-order valence-corrected chi connectivity index (χ1v) is 15.4. The highest BCUT2D eigenvalue weighted by Crippen LogP contribution is 2.69. The van der Waals surface area contributed by atoms with E-state index < -0.39 is 5.60 Å². The molecule has 0 unspecified atom stereocenters. The fraction of sp³-hybridized carbons (Fsp3) is 0.361. The molecule has 2 aliphatic heterocycles. The van der Waals surface area contributed by atoms with Gasteiger partial charge in [-0.3, -0.25) is 4.98 Å². The molecule has 5 nitrogen and oxygen atoms in total. The fourth-order valence-corrected chi connectivity index (χ4v) is 8.61. The molecule has 8 rings (SSSR count). The number of fused-ring (bicyclic) bond motifs is 2. The summed E-state index contributed by atoms with van der Waals surface area (Å²) in [6, 6.07) is 25.6. The quantitative estimate of drug-likeness (QED) is 0.221. The summed E-state index contributed by atoms with van der Waals surface area (Å²) in [4.78, 5) is 7.68. The van der Waals surface area contributed by atoms with Crippen molar-refractivity contribution in [1.82, 2.24) is 9.88 Å². The highest BCUT2D eigenvalue weighted by Gasteiger charge is 2.73. The van der Waals surface area contributed by atoms with Crippen LogP contribution in [0.2, 0.25) is 5.02 Å². The van der Waals surface area contributed by atoms with Crippen LogP contribution >= 0.6 is 11.6 Å². The second kappa shape index (κ2) is 9.84. The summed E-state index contributed by atoms with van der Waals surface area (Å²) >= 11 is 6.21. The molecule has 1 fully saturated rings. The summed E-state index contributed by atoms with van der Waals surface area (Å²) in [5.41, 5.74) is 7.67. The van der Waals surface area contributed by atoms with Gasteiger partial charge in [0.2, 0.25) is 0 Å². The number of nitrogens with zero attached hydrogens (tertiary/aromatic N) is 2. The van der Waals surface area contributed by atoms with E-state index >= 15 is 0 Å². The molecule has 0 radical (unpaired) electrons. The number of ether oxygens (including phenoxy) is 3. The molecule has 0 N–H and O–H groups in total. The van der Waals surface area contributed by atoms with Gasteiger partial charge in [0.25, 0.3) is 0 Å². The maximum atomic E-state index is 7.37. The number of hydrogen-bond donors (Lipinski definition) is 0. The maximum Gasteiger partial charge on any atom is 0.166 e. The van der Waals surface area contributed by atoms with Crippen LogP contribution in [0.1, 0.15) is 46.9 Å². The fourth-order valence-electron chi connectivity index (χ4n) is 8.48. The zero-order valence-electron chi connectivity index (χ0n) is 24.1. The molecule has 2 aliphatic carbocycles. The van der Waals surface area contributed by atoms with Gasteiger partial charge in [-0.1, -0.05) is 60.1 Å². The number of halogens is 1. The van der Waals surface area contributed by atoms with Gasteiger partial charge in [0.15, 0.2) is 17.6 Å². The largest absolute Gasteiger partial charge is 0.493 e. The lowest BCUT2D eigenvalue weighted by Crippen LogP contribution is -2.75. The van der Waals surface area contributed by atoms with E-state index in [2.05, 4.69) is 72.6 Å². The summed E-state index contributed by atoms with van der Waals surface area (Å²) in [7, 11) is 4.00. The Morgan fingerprint density at radius 3 is 2.67 bits per heavy atom. The van der Waals surface area contributed by atoms with Crippen LogP contribution in [-0.4, -0.2) is 48.8 Å². The topological polar surface area (TPSA) is 43.8 Å². The normalized spacial score (nSPS) is 26.7. The van der Waals surface area contributed by atoms with E-state index in [1.54, 1.807) is 7.11 Å². The Labute approximate surface area is 252 Å². The Kier molecular flexibility index (Phi) is 6.15. The third-order valence-corrected chi connectivity index (χ3v) is 10.6. The van der Waals surface area contributed by atoms with Crippen molar-refractivity contribution in [1.29, 1.82) is 0 Å². The average molecular weight is 579 g/mol. The van der Waals surface area contributed by atoms with Gasteiger partial charge in [-0.2, -0.15) is 0 Å². The molecule has 4 atom stereocenters. The van der Waals surface area contributed by atoms with Crippen LogP contribution in [0.25, 0.3) is 11.1 Å². The monoisotopic (exact) mass is 578 g/mol. The van der Waals surface area contributed by atoms with Crippen LogP contribution in [0, 0.1) is 0 Å². The molecule has 214 valence electrons. The Hall–Kier alpha value is -3.38. The summed E-state index contributed by atoms with van der Waals surface area (Å²) in [6.07, 6.45) is 6.42. The smallest absolute Gasteiger partial charge is 0.166 e. The Balaban J connectivity index is 1.27. The maximum absolute atomic E-state index is 7.37. The molecule has 1 saturated heterocycles. The summed E-state index contributed by atoms with van der Waals surface area (Å²) < 4.78 is 20.3. The van der Waals surface area contributed by atoms with E-state index in [4.69, 9.17) is 30.8 Å². The number of likely N-dealkylation sites (tertiary alicyclic amines) is 1. The number of aryl methyl sites for hydroxylation is 1. The molecule has 3 heterocycles. The highest BCUT2D eigenvalue weighted by molar-refractivity contribution is 6.30. The minimum Gasteiger partial charge on any atom is -0.493 e. The number of hydrogen-bond acceptors (Lipinski definition) is 5. The third-order valence-electron chi connectivity index (χ3n) is 10.3. The third kappa shape index (κ3) is 3.66. The molecule has 42 heavy (non-hydrogen) atoms. The zero-order valence-corrected chi connectivity index (χ0v) is 24.9. The number of likely N-dealkylation sites (N-methyl/N-ethyl adjacent to an activating group) is 1. The second-order valence-corrected chi connectivity index (χ2v) is 12.8. The van der Waals surface area contributed by atoms with Crippen molar-refractivity contribution in [3.05, 3.63) is 112 Å². The first kappa shape index (κ1) is 26.3. The van der Waals surface area contributed by atoms with Crippen LogP contribution < -0.4 is 9.47 Å². The number of benzene rings is 3. The highest BCUT2D eigenvalue weighted by atomic mass is 35.5. The lowest BCUT2D eigenvalue weighted by atomic mass is 9.48. The molecule has 0 amide bonds. The summed E-state index contributed by atoms with van der Waals surface area (Å²) in [5.74, 6) is 1.68. The zero-order chi connectivity index (χ0) is 28.5. The predicted molar refractivity (Wildman–Crippen MR) is 165 cm³/mol. The van der Waals surface area contributed by atoms with E-state index in [0.717, 1.165) is 72.0 Å². The van der Waals surface area contributed by atoms with Crippen molar-refractivity contribution in [2.24, 2.45) is 0 Å². The first-order chi connectivity index (χ1) is 20.5. The van der Waals surface area contributed by atoms with E-state index in [1.165, 1.54) is 22.3 Å². The number of methoxy groups -OCH3 is 1. The molecular weight excluding hydrogens is 544 g/mol. The van der Waals surface area contributed by atoms with Crippen molar-refractivity contribution in [3.8, 4) is 22.6 Å². The van der Waals surface area contributed by atoms with E-state index in [9.17, 15) is 0 Å². The van der Waals surface area contributed by atoms with Crippen LogP contribution in [-0.2, 0) is 29.4 Å². The van der Waals surface area contributed by atoms with Gasteiger partial charge in [0.1, 0.15) is 5.60 Å². The van der Waals surface area contributed by atoms with Crippen molar-refractivity contribution < 1.29 is 14.2 Å². The van der Waals surface area contributed by atoms with Crippen molar-refractivity contribution in [2.45, 2.75) is 55.3 Å². The molecule has 4 aromatic rings. The SMILES string of the molecule is COc1ccc2c3c1O[C@H]1c4ncc(-c5ccc(Cl)cc5)cc4C[C@@]4(OCCCc5ccccc5)[C@@H](C2)N(C)CC[C@]314. The molecule has 2 bridgehead atoms. The van der Waals surface area contributed by atoms with Crippen LogP contribution in [0.5, 0.6) is 11.5 Å². The Bertz CT molecular complexity index is 1660. The lowest BCUT2D eigenvalue weighted by molar-refractivity contribution is -0.201. The lowest BCUT2D eigenvalue weighted by Gasteiger charge is -2.64. The van der Waals surface area contributed by atoms with Crippen LogP contribution in [0.3, 0.4) is 0 Å². The second-order valence-electron chi connectivity index (χ2n) is 12.3. The van der Waals surface area contributed by atoms with Gasteiger partial charge in [-0.05, 0) is 85.8 Å². The van der Waals surface area contributed by atoms with E-state index in [1.807, 2.05) is 18.3 Å². The molecule has 0 saturated carbocycles. The predicted octanol–water partition coefficient (Wildman–Crippen LogP) is 6.99. The minimum absolute atomic E-state index is 0.226. The molecular formula is C36H35ClN2O3.